The first-order valence-electron chi connectivity index (χ1n) is 6.76. The maximum Gasteiger partial charge on any atom is 0.244 e. The van der Waals surface area contributed by atoms with Crippen LogP contribution in [0.1, 0.15) is 25.3 Å². The van der Waals surface area contributed by atoms with E-state index in [1.54, 1.807) is 18.2 Å². The van der Waals surface area contributed by atoms with Gasteiger partial charge in [-0.1, -0.05) is 25.5 Å². The zero-order valence-electron chi connectivity index (χ0n) is 11.9. The van der Waals surface area contributed by atoms with Crippen LogP contribution in [0.4, 0.5) is 5.69 Å². The van der Waals surface area contributed by atoms with Crippen LogP contribution in [0.2, 0.25) is 0 Å². The minimum Gasteiger partial charge on any atom is -0.491 e. The molecule has 108 valence electrons. The highest BCUT2D eigenvalue weighted by atomic mass is 16.5. The molecular weight excluding hydrogens is 252 g/mol. The van der Waals surface area contributed by atoms with Crippen molar-refractivity contribution < 1.29 is 9.53 Å². The van der Waals surface area contributed by atoms with Crippen LogP contribution in [0.5, 0.6) is 5.75 Å². The Balaban J connectivity index is 2.60. The number of unbranched alkanes of at least 4 members (excludes halogenated alkanes) is 1. The fourth-order valence-corrected chi connectivity index (χ4v) is 1.53. The highest BCUT2D eigenvalue weighted by molar-refractivity contribution is 5.91. The highest BCUT2D eigenvalue weighted by Gasteiger charge is 2.01. The molecule has 0 fully saturated rings. The Hall–Kier alpha value is -2.23. The smallest absolute Gasteiger partial charge is 0.244 e. The van der Waals surface area contributed by atoms with Crippen LogP contribution in [0.15, 0.2) is 36.9 Å². The Kier molecular flexibility index (Phi) is 6.96. The Morgan fingerprint density at radius 3 is 2.95 bits per heavy atom. The van der Waals surface area contributed by atoms with E-state index in [1.807, 2.05) is 12.1 Å². The van der Waals surface area contributed by atoms with Crippen LogP contribution >= 0.6 is 0 Å². The summed E-state index contributed by atoms with van der Waals surface area (Å²) in [5, 5.41) is 2.66. The van der Waals surface area contributed by atoms with Crippen LogP contribution in [0, 0.1) is 0 Å². The van der Waals surface area contributed by atoms with E-state index in [-0.39, 0.29) is 5.91 Å². The van der Waals surface area contributed by atoms with Gasteiger partial charge in [0.2, 0.25) is 5.91 Å². The first-order chi connectivity index (χ1) is 9.67. The van der Waals surface area contributed by atoms with Gasteiger partial charge in [0.05, 0.1) is 12.3 Å². The van der Waals surface area contributed by atoms with E-state index < -0.39 is 0 Å². The van der Waals surface area contributed by atoms with Crippen molar-refractivity contribution in [3.05, 3.63) is 42.5 Å². The average molecular weight is 274 g/mol. The molecule has 0 radical (unpaired) electrons. The fraction of sp³-hybridized carbons (Fsp3) is 0.312. The number of rotatable bonds is 8. The van der Waals surface area contributed by atoms with E-state index in [0.29, 0.717) is 24.6 Å². The van der Waals surface area contributed by atoms with Gasteiger partial charge in [-0.05, 0) is 30.2 Å². The minimum atomic E-state index is -0.160. The summed E-state index contributed by atoms with van der Waals surface area (Å²) in [6.45, 7) is 6.76. The number of hydrogen-bond donors (Lipinski definition) is 2. The third-order valence-corrected chi connectivity index (χ3v) is 2.64. The Morgan fingerprint density at radius 2 is 2.30 bits per heavy atom. The molecule has 0 bridgehead atoms. The number of carbonyl (C=O) groups is 1. The number of amides is 1. The summed E-state index contributed by atoms with van der Waals surface area (Å²) >= 11 is 0. The van der Waals surface area contributed by atoms with Gasteiger partial charge in [-0.2, -0.15) is 0 Å². The number of nitrogen functional groups attached to an aromatic ring is 1. The molecule has 0 aliphatic carbocycles. The molecule has 1 rings (SSSR count). The summed E-state index contributed by atoms with van der Waals surface area (Å²) in [7, 11) is 0. The van der Waals surface area contributed by atoms with Gasteiger partial charge in [0.15, 0.2) is 0 Å². The SMILES string of the molecule is C=CCNC(=O)/C=C\c1ccc(OCCCC)c(N)c1. The van der Waals surface area contributed by atoms with Crippen molar-refractivity contribution in [3.63, 3.8) is 0 Å². The number of benzene rings is 1. The predicted molar refractivity (Wildman–Crippen MR) is 83.5 cm³/mol. The molecule has 4 heteroatoms. The molecule has 1 aromatic carbocycles. The molecule has 3 N–H and O–H groups in total. The lowest BCUT2D eigenvalue weighted by Gasteiger charge is -2.08. The third-order valence-electron chi connectivity index (χ3n) is 2.64. The second-order valence-corrected chi connectivity index (χ2v) is 4.37. The molecule has 0 saturated heterocycles. The Morgan fingerprint density at radius 1 is 1.50 bits per heavy atom. The largest absolute Gasteiger partial charge is 0.491 e. The first-order valence-corrected chi connectivity index (χ1v) is 6.76. The molecule has 0 spiro atoms. The molecule has 0 aliphatic heterocycles. The van der Waals surface area contributed by atoms with E-state index in [1.165, 1.54) is 6.08 Å². The number of nitrogens with one attached hydrogen (secondary N) is 1. The van der Waals surface area contributed by atoms with Crippen LogP contribution in [-0.2, 0) is 4.79 Å². The maximum atomic E-state index is 11.4. The third kappa shape index (κ3) is 5.61. The normalized spacial score (nSPS) is 10.4. The van der Waals surface area contributed by atoms with Crippen LogP contribution in [0.3, 0.4) is 0 Å². The molecule has 0 aliphatic rings. The van der Waals surface area contributed by atoms with Gasteiger partial charge < -0.3 is 15.8 Å². The summed E-state index contributed by atoms with van der Waals surface area (Å²) < 4.78 is 5.57. The van der Waals surface area contributed by atoms with Gasteiger partial charge in [-0.25, -0.2) is 0 Å². The Labute approximate surface area is 120 Å². The monoisotopic (exact) mass is 274 g/mol. The molecule has 4 nitrogen and oxygen atoms in total. The molecule has 1 aromatic rings. The topological polar surface area (TPSA) is 64.3 Å². The van der Waals surface area contributed by atoms with Crippen molar-refractivity contribution in [2.75, 3.05) is 18.9 Å². The van der Waals surface area contributed by atoms with Crippen molar-refractivity contribution in [2.45, 2.75) is 19.8 Å². The van der Waals surface area contributed by atoms with Gasteiger partial charge in [-0.15, -0.1) is 6.58 Å². The lowest BCUT2D eigenvalue weighted by atomic mass is 10.1. The zero-order chi connectivity index (χ0) is 14.8. The van der Waals surface area contributed by atoms with Gasteiger partial charge in [0.1, 0.15) is 5.75 Å². The summed E-state index contributed by atoms with van der Waals surface area (Å²) in [6, 6.07) is 5.49. The number of hydrogen-bond acceptors (Lipinski definition) is 3. The van der Waals surface area contributed by atoms with E-state index >= 15 is 0 Å². The summed E-state index contributed by atoms with van der Waals surface area (Å²) in [6.07, 6.45) is 6.90. The Bertz CT molecular complexity index is 481. The quantitative estimate of drug-likeness (QED) is 0.331. The lowest BCUT2D eigenvalue weighted by Crippen LogP contribution is -2.20. The fourth-order valence-electron chi connectivity index (χ4n) is 1.53. The van der Waals surface area contributed by atoms with Gasteiger partial charge in [-0.3, -0.25) is 4.79 Å². The summed E-state index contributed by atoms with van der Waals surface area (Å²) in [5.74, 6) is 0.526. The van der Waals surface area contributed by atoms with Crippen molar-refractivity contribution in [1.29, 1.82) is 0 Å². The molecule has 0 atom stereocenters. The van der Waals surface area contributed by atoms with Crippen LogP contribution < -0.4 is 15.8 Å². The molecule has 0 saturated carbocycles. The van der Waals surface area contributed by atoms with Crippen molar-refractivity contribution in [1.82, 2.24) is 5.32 Å². The molecule has 0 aromatic heterocycles. The molecule has 1 amide bonds. The van der Waals surface area contributed by atoms with E-state index in [2.05, 4.69) is 18.8 Å². The van der Waals surface area contributed by atoms with E-state index in [0.717, 1.165) is 18.4 Å². The standard InChI is InChI=1S/C16H22N2O2/c1-3-5-11-20-15-8-6-13(12-14(15)17)7-9-16(19)18-10-4-2/h4,6-9,12H,2-3,5,10-11,17H2,1H3,(H,18,19)/b9-7-. The molecular formula is C16H22N2O2. The number of nitrogens with two attached hydrogens (primary N) is 1. The number of anilines is 1. The van der Waals surface area contributed by atoms with Gasteiger partial charge in [0, 0.05) is 12.6 Å². The molecule has 20 heavy (non-hydrogen) atoms. The first kappa shape index (κ1) is 15.8. The highest BCUT2D eigenvalue weighted by Crippen LogP contribution is 2.23. The van der Waals surface area contributed by atoms with Crippen molar-refractivity contribution in [2.24, 2.45) is 0 Å². The summed E-state index contributed by atoms with van der Waals surface area (Å²) in [4.78, 5) is 11.4. The van der Waals surface area contributed by atoms with Crippen molar-refractivity contribution in [3.8, 4) is 5.75 Å². The van der Waals surface area contributed by atoms with Gasteiger partial charge >= 0.3 is 0 Å². The molecule has 0 heterocycles. The average Bonchev–Trinajstić information content (AvgIpc) is 2.45. The number of ether oxygens (including phenoxy) is 1. The predicted octanol–water partition coefficient (Wildman–Crippen LogP) is 2.76. The van der Waals surface area contributed by atoms with Crippen LogP contribution in [-0.4, -0.2) is 19.1 Å². The summed E-state index contributed by atoms with van der Waals surface area (Å²) in [5.41, 5.74) is 7.36. The van der Waals surface area contributed by atoms with E-state index in [4.69, 9.17) is 10.5 Å². The minimum absolute atomic E-state index is 0.160. The van der Waals surface area contributed by atoms with Gasteiger partial charge in [0.25, 0.3) is 0 Å². The van der Waals surface area contributed by atoms with Crippen LogP contribution in [0.25, 0.3) is 6.08 Å². The van der Waals surface area contributed by atoms with E-state index in [9.17, 15) is 4.79 Å². The van der Waals surface area contributed by atoms with Crippen molar-refractivity contribution >= 4 is 17.7 Å². The lowest BCUT2D eigenvalue weighted by molar-refractivity contribution is -0.116. The maximum absolute atomic E-state index is 11.4. The second kappa shape index (κ2) is 8.80. The molecule has 0 unspecified atom stereocenters. The number of carbonyl (C=O) groups excluding carboxylic acids is 1. The second-order valence-electron chi connectivity index (χ2n) is 4.37. The zero-order valence-corrected chi connectivity index (χ0v) is 11.9.